The fraction of sp³-hybridized carbons (Fsp3) is 0.111. The molecule has 1 nitrogen and oxygen atoms in total. The van der Waals surface area contributed by atoms with E-state index in [4.69, 9.17) is 4.18 Å². The zero-order valence-corrected chi connectivity index (χ0v) is 6.73. The van der Waals surface area contributed by atoms with E-state index in [0.717, 1.165) is 12.2 Å². The summed E-state index contributed by atoms with van der Waals surface area (Å²) in [4.78, 5) is 0. The quantitative estimate of drug-likeness (QED) is 0.544. The predicted octanol–water partition coefficient (Wildman–Crippen LogP) is 2.59. The molecular formula is C9H7OS. The lowest BCUT2D eigenvalue weighted by Gasteiger charge is -2.02. The van der Waals surface area contributed by atoms with Crippen molar-refractivity contribution >= 4 is 12.0 Å². The van der Waals surface area contributed by atoms with Crippen LogP contribution in [0.25, 0.3) is 0 Å². The van der Waals surface area contributed by atoms with Crippen LogP contribution in [0.4, 0.5) is 0 Å². The molecule has 1 aliphatic rings. The highest BCUT2D eigenvalue weighted by atomic mass is 32.2. The summed E-state index contributed by atoms with van der Waals surface area (Å²) in [7, 11) is 0. The van der Waals surface area contributed by atoms with E-state index in [0.29, 0.717) is 0 Å². The molecule has 0 aromatic heterocycles. The smallest absolute Gasteiger partial charge is 0.141 e. The van der Waals surface area contributed by atoms with Gasteiger partial charge in [0.1, 0.15) is 5.75 Å². The van der Waals surface area contributed by atoms with Crippen LogP contribution in [0.5, 0.6) is 5.75 Å². The first-order valence-corrected chi connectivity index (χ1v) is 4.19. The average Bonchev–Trinajstić information content (AvgIpc) is 2.28. The van der Waals surface area contributed by atoms with E-state index in [9.17, 15) is 0 Å². The van der Waals surface area contributed by atoms with Gasteiger partial charge in [-0.25, -0.2) is 0 Å². The zero-order chi connectivity index (χ0) is 7.52. The van der Waals surface area contributed by atoms with E-state index in [1.165, 1.54) is 17.6 Å². The van der Waals surface area contributed by atoms with E-state index in [-0.39, 0.29) is 0 Å². The average molecular weight is 163 g/mol. The van der Waals surface area contributed by atoms with Crippen molar-refractivity contribution in [3.63, 3.8) is 0 Å². The van der Waals surface area contributed by atoms with E-state index in [1.807, 2.05) is 24.3 Å². The fourth-order valence-electron chi connectivity index (χ4n) is 1.01. The Bertz CT molecular complexity index is 281. The maximum absolute atomic E-state index is 5.32. The van der Waals surface area contributed by atoms with Gasteiger partial charge in [0.05, 0.1) is 17.5 Å². The summed E-state index contributed by atoms with van der Waals surface area (Å²) in [5.41, 5.74) is 1.23. The predicted molar refractivity (Wildman–Crippen MR) is 46.2 cm³/mol. The Morgan fingerprint density at radius 3 is 3.27 bits per heavy atom. The van der Waals surface area contributed by atoms with Crippen LogP contribution < -0.4 is 4.18 Å². The van der Waals surface area contributed by atoms with Crippen molar-refractivity contribution in [1.82, 2.24) is 0 Å². The largest absolute Gasteiger partial charge is 0.420 e. The number of para-hydroxylation sites is 1. The molecule has 0 fully saturated rings. The van der Waals surface area contributed by atoms with Gasteiger partial charge in [-0.15, -0.1) is 0 Å². The van der Waals surface area contributed by atoms with Gasteiger partial charge >= 0.3 is 0 Å². The summed E-state index contributed by atoms with van der Waals surface area (Å²) in [6.07, 6.45) is 2.90. The summed E-state index contributed by atoms with van der Waals surface area (Å²) in [6, 6.07) is 8.04. The summed E-state index contributed by atoms with van der Waals surface area (Å²) in [5, 5.41) is 2.96. The second-order valence-corrected chi connectivity index (χ2v) is 2.87. The fourth-order valence-corrected chi connectivity index (χ4v) is 1.46. The van der Waals surface area contributed by atoms with Crippen molar-refractivity contribution in [1.29, 1.82) is 0 Å². The number of allylic oxidation sites excluding steroid dienone is 1. The Morgan fingerprint density at radius 1 is 1.36 bits per heavy atom. The van der Waals surface area contributed by atoms with Crippen molar-refractivity contribution in [2.45, 2.75) is 6.42 Å². The summed E-state index contributed by atoms with van der Waals surface area (Å²) < 4.78 is 5.32. The third kappa shape index (κ3) is 1.40. The molecule has 2 heteroatoms. The van der Waals surface area contributed by atoms with Gasteiger partial charge in [-0.05, 0) is 18.1 Å². The van der Waals surface area contributed by atoms with E-state index < -0.39 is 0 Å². The van der Waals surface area contributed by atoms with Gasteiger partial charge in [-0.3, -0.25) is 0 Å². The van der Waals surface area contributed by atoms with Crippen molar-refractivity contribution in [2.24, 2.45) is 0 Å². The molecule has 1 aromatic rings. The lowest BCUT2D eigenvalue weighted by Crippen LogP contribution is -1.83. The third-order valence-corrected chi connectivity index (χ3v) is 2.08. The van der Waals surface area contributed by atoms with E-state index >= 15 is 0 Å². The summed E-state index contributed by atoms with van der Waals surface area (Å²) >= 11 is 1.25. The first-order chi connectivity index (χ1) is 5.47. The summed E-state index contributed by atoms with van der Waals surface area (Å²) in [5.74, 6) is 0.957. The molecule has 1 aliphatic heterocycles. The van der Waals surface area contributed by atoms with Crippen LogP contribution in [-0.2, 0) is 6.42 Å². The highest BCUT2D eigenvalue weighted by Gasteiger charge is 2.03. The van der Waals surface area contributed by atoms with Crippen LogP contribution in [0, 0.1) is 5.41 Å². The number of hydrogen-bond donors (Lipinski definition) is 0. The molecular weight excluding hydrogens is 156 g/mol. The minimum atomic E-state index is 0.920. The first kappa shape index (κ1) is 6.80. The maximum atomic E-state index is 5.32. The molecule has 0 saturated carbocycles. The molecule has 0 atom stereocenters. The molecule has 2 rings (SSSR count). The van der Waals surface area contributed by atoms with Crippen LogP contribution in [0.3, 0.4) is 0 Å². The van der Waals surface area contributed by atoms with Gasteiger partial charge in [0.2, 0.25) is 0 Å². The highest BCUT2D eigenvalue weighted by molar-refractivity contribution is 7.96. The van der Waals surface area contributed by atoms with Gasteiger partial charge in [0.25, 0.3) is 0 Å². The SMILES string of the molecule is [C]1=CCc2ccccc2OS1. The standard InChI is InChI=1S/C9H7OS/c1-2-6-9-8(4-1)5-3-7-11-10-9/h1-4,6H,5H2. The maximum Gasteiger partial charge on any atom is 0.141 e. The molecule has 1 aromatic carbocycles. The third-order valence-electron chi connectivity index (χ3n) is 1.56. The first-order valence-electron chi connectivity index (χ1n) is 3.45. The van der Waals surface area contributed by atoms with E-state index in [2.05, 4.69) is 11.5 Å². The second-order valence-electron chi connectivity index (χ2n) is 2.30. The van der Waals surface area contributed by atoms with Crippen LogP contribution in [-0.4, -0.2) is 0 Å². The van der Waals surface area contributed by atoms with Crippen LogP contribution in [0.2, 0.25) is 0 Å². The van der Waals surface area contributed by atoms with Crippen LogP contribution in [0.1, 0.15) is 5.56 Å². The minimum absolute atomic E-state index is 0.920. The Morgan fingerprint density at radius 2 is 2.27 bits per heavy atom. The van der Waals surface area contributed by atoms with Gasteiger partial charge < -0.3 is 4.18 Å². The van der Waals surface area contributed by atoms with Gasteiger partial charge in [0.15, 0.2) is 0 Å². The van der Waals surface area contributed by atoms with Gasteiger partial charge in [-0.1, -0.05) is 24.3 Å². The Balaban J connectivity index is 2.40. The molecule has 1 heterocycles. The lowest BCUT2D eigenvalue weighted by molar-refractivity contribution is 0.645. The van der Waals surface area contributed by atoms with Crippen molar-refractivity contribution in [3.05, 3.63) is 41.3 Å². The number of hydrogen-bond acceptors (Lipinski definition) is 2. The molecule has 0 saturated heterocycles. The Labute approximate surface area is 70.3 Å². The minimum Gasteiger partial charge on any atom is -0.420 e. The van der Waals surface area contributed by atoms with Gasteiger partial charge in [0, 0.05) is 0 Å². The van der Waals surface area contributed by atoms with Crippen molar-refractivity contribution in [2.75, 3.05) is 0 Å². The van der Waals surface area contributed by atoms with Crippen LogP contribution >= 0.6 is 12.0 Å². The molecule has 55 valence electrons. The Kier molecular flexibility index (Phi) is 1.86. The Hall–Kier alpha value is -0.890. The monoisotopic (exact) mass is 163 g/mol. The number of rotatable bonds is 0. The van der Waals surface area contributed by atoms with Crippen molar-refractivity contribution < 1.29 is 4.18 Å². The lowest BCUT2D eigenvalue weighted by atomic mass is 10.1. The molecule has 0 N–H and O–H groups in total. The molecule has 0 unspecified atom stereocenters. The van der Waals surface area contributed by atoms with Crippen molar-refractivity contribution in [3.8, 4) is 5.75 Å². The second kappa shape index (κ2) is 3.01. The molecule has 0 aliphatic carbocycles. The molecule has 0 amide bonds. The molecule has 1 radical (unpaired) electrons. The van der Waals surface area contributed by atoms with Gasteiger partial charge in [-0.2, -0.15) is 0 Å². The van der Waals surface area contributed by atoms with E-state index in [1.54, 1.807) is 0 Å². The summed E-state index contributed by atoms with van der Waals surface area (Å²) in [6.45, 7) is 0. The molecule has 11 heavy (non-hydrogen) atoms. The molecule has 0 bridgehead atoms. The number of fused-ring (bicyclic) bond motifs is 1. The highest BCUT2D eigenvalue weighted by Crippen LogP contribution is 2.25. The molecule has 0 spiro atoms. The number of benzene rings is 1. The topological polar surface area (TPSA) is 9.23 Å². The zero-order valence-electron chi connectivity index (χ0n) is 5.91. The van der Waals surface area contributed by atoms with Crippen LogP contribution in [0.15, 0.2) is 30.3 Å². The normalized spacial score (nSPS) is 14.9.